The van der Waals surface area contributed by atoms with Gasteiger partial charge >= 0.3 is 5.97 Å². The van der Waals surface area contributed by atoms with Crippen molar-refractivity contribution in [3.05, 3.63) is 107 Å². The SMILES string of the molecule is CC(C)(C)c1nc(CCc2ccccc2)nn1Cc1ccc(-c2ccccc2C(=O)O)cc1. The third-order valence-electron chi connectivity index (χ3n) is 5.62. The molecule has 0 saturated heterocycles. The topological polar surface area (TPSA) is 68.0 Å². The smallest absolute Gasteiger partial charge is 0.336 e. The molecule has 33 heavy (non-hydrogen) atoms. The second-order valence-electron chi connectivity index (χ2n) is 9.29. The maximum atomic E-state index is 11.6. The van der Waals surface area contributed by atoms with Crippen LogP contribution < -0.4 is 0 Å². The standard InChI is InChI=1S/C28H29N3O2/c1-28(2,3)27-29-25(18-15-20-9-5-4-6-10-20)30-31(27)19-21-13-16-22(17-14-21)23-11-7-8-12-24(23)26(32)33/h4-14,16-17H,15,18-19H2,1-3H3,(H,32,33). The summed E-state index contributed by atoms with van der Waals surface area (Å²) in [6.07, 6.45) is 1.71. The quantitative estimate of drug-likeness (QED) is 0.397. The van der Waals surface area contributed by atoms with Gasteiger partial charge in [0.2, 0.25) is 0 Å². The normalized spacial score (nSPS) is 11.5. The summed E-state index contributed by atoms with van der Waals surface area (Å²) in [6.45, 7) is 7.08. The number of carboxylic acid groups (broad SMARTS) is 1. The number of aryl methyl sites for hydroxylation is 2. The lowest BCUT2D eigenvalue weighted by atomic mass is 9.95. The van der Waals surface area contributed by atoms with Gasteiger partial charge in [0.25, 0.3) is 0 Å². The van der Waals surface area contributed by atoms with Gasteiger partial charge in [0.1, 0.15) is 5.82 Å². The maximum absolute atomic E-state index is 11.6. The number of nitrogens with zero attached hydrogens (tertiary/aromatic N) is 3. The molecule has 1 N–H and O–H groups in total. The maximum Gasteiger partial charge on any atom is 0.336 e. The molecule has 3 aromatic carbocycles. The first kappa shape index (κ1) is 22.5. The molecule has 4 rings (SSSR count). The van der Waals surface area contributed by atoms with Crippen molar-refractivity contribution in [3.8, 4) is 11.1 Å². The molecule has 1 heterocycles. The summed E-state index contributed by atoms with van der Waals surface area (Å²) in [5.74, 6) is 0.900. The van der Waals surface area contributed by atoms with Crippen LogP contribution in [-0.2, 0) is 24.8 Å². The largest absolute Gasteiger partial charge is 0.478 e. The molecule has 0 aliphatic rings. The summed E-state index contributed by atoms with van der Waals surface area (Å²) in [5, 5.41) is 14.3. The summed E-state index contributed by atoms with van der Waals surface area (Å²) in [6, 6.07) is 25.5. The minimum Gasteiger partial charge on any atom is -0.478 e. The number of aromatic carboxylic acids is 1. The number of hydrogen-bond acceptors (Lipinski definition) is 3. The molecule has 4 aromatic rings. The fourth-order valence-corrected chi connectivity index (χ4v) is 3.94. The Kier molecular flexibility index (Phi) is 6.40. The van der Waals surface area contributed by atoms with Gasteiger partial charge in [-0.3, -0.25) is 0 Å². The molecule has 0 aliphatic heterocycles. The van der Waals surface area contributed by atoms with E-state index in [9.17, 15) is 9.90 Å². The molecule has 0 saturated carbocycles. The highest BCUT2D eigenvalue weighted by Crippen LogP contribution is 2.25. The lowest BCUT2D eigenvalue weighted by molar-refractivity contribution is 0.0697. The highest BCUT2D eigenvalue weighted by molar-refractivity contribution is 5.95. The third-order valence-corrected chi connectivity index (χ3v) is 5.62. The molecular formula is C28H29N3O2. The molecule has 0 spiro atoms. The van der Waals surface area contributed by atoms with Gasteiger partial charge < -0.3 is 5.11 Å². The van der Waals surface area contributed by atoms with Crippen molar-refractivity contribution in [1.29, 1.82) is 0 Å². The average molecular weight is 440 g/mol. The first-order chi connectivity index (χ1) is 15.8. The number of rotatable bonds is 7. The molecular weight excluding hydrogens is 410 g/mol. The van der Waals surface area contributed by atoms with E-state index in [4.69, 9.17) is 10.1 Å². The molecule has 0 aliphatic carbocycles. The van der Waals surface area contributed by atoms with Gasteiger partial charge in [0, 0.05) is 11.8 Å². The van der Waals surface area contributed by atoms with E-state index in [2.05, 4.69) is 45.0 Å². The van der Waals surface area contributed by atoms with Crippen LogP contribution in [0.1, 0.15) is 53.9 Å². The Morgan fingerprint density at radius 3 is 2.18 bits per heavy atom. The van der Waals surface area contributed by atoms with Crippen molar-refractivity contribution < 1.29 is 9.90 Å². The van der Waals surface area contributed by atoms with E-state index in [0.29, 0.717) is 12.1 Å². The van der Waals surface area contributed by atoms with Crippen LogP contribution in [0.4, 0.5) is 0 Å². The van der Waals surface area contributed by atoms with Gasteiger partial charge in [0.15, 0.2) is 5.82 Å². The molecule has 0 fully saturated rings. The van der Waals surface area contributed by atoms with Gasteiger partial charge in [-0.25, -0.2) is 14.5 Å². The molecule has 5 nitrogen and oxygen atoms in total. The highest BCUT2D eigenvalue weighted by atomic mass is 16.4. The molecule has 0 amide bonds. The fraction of sp³-hybridized carbons (Fsp3) is 0.250. The first-order valence-electron chi connectivity index (χ1n) is 11.2. The van der Waals surface area contributed by atoms with Crippen LogP contribution >= 0.6 is 0 Å². The van der Waals surface area contributed by atoms with Crippen molar-refractivity contribution in [1.82, 2.24) is 14.8 Å². The Hall–Kier alpha value is -3.73. The second-order valence-corrected chi connectivity index (χ2v) is 9.29. The zero-order valence-electron chi connectivity index (χ0n) is 19.3. The zero-order chi connectivity index (χ0) is 23.4. The van der Waals surface area contributed by atoms with E-state index < -0.39 is 5.97 Å². The van der Waals surface area contributed by atoms with Crippen LogP contribution in [0, 0.1) is 0 Å². The Bertz CT molecular complexity index is 1240. The number of aromatic nitrogens is 3. The minimum atomic E-state index is -0.921. The summed E-state index contributed by atoms with van der Waals surface area (Å²) in [4.78, 5) is 16.4. The Morgan fingerprint density at radius 1 is 0.848 bits per heavy atom. The van der Waals surface area contributed by atoms with Crippen molar-refractivity contribution >= 4 is 5.97 Å². The Labute approximate surface area is 194 Å². The second kappa shape index (κ2) is 9.41. The Balaban J connectivity index is 1.55. The third kappa shape index (κ3) is 5.37. The Morgan fingerprint density at radius 2 is 1.52 bits per heavy atom. The molecule has 0 atom stereocenters. The predicted octanol–water partition coefficient (Wildman–Crippen LogP) is 5.77. The average Bonchev–Trinajstić information content (AvgIpc) is 3.22. The summed E-state index contributed by atoms with van der Waals surface area (Å²) >= 11 is 0. The van der Waals surface area contributed by atoms with E-state index in [-0.39, 0.29) is 5.41 Å². The van der Waals surface area contributed by atoms with Gasteiger partial charge in [0.05, 0.1) is 12.1 Å². The highest BCUT2D eigenvalue weighted by Gasteiger charge is 2.23. The number of carbonyl (C=O) groups is 1. The van der Waals surface area contributed by atoms with Crippen molar-refractivity contribution in [2.75, 3.05) is 0 Å². The van der Waals surface area contributed by atoms with E-state index in [1.807, 2.05) is 47.1 Å². The van der Waals surface area contributed by atoms with Crippen molar-refractivity contribution in [2.45, 2.75) is 45.6 Å². The lowest BCUT2D eigenvalue weighted by Gasteiger charge is -2.18. The summed E-state index contributed by atoms with van der Waals surface area (Å²) in [5.41, 5.74) is 4.16. The first-order valence-corrected chi connectivity index (χ1v) is 11.2. The van der Waals surface area contributed by atoms with Gasteiger partial charge in [-0.15, -0.1) is 0 Å². The number of hydrogen-bond donors (Lipinski definition) is 1. The van der Waals surface area contributed by atoms with E-state index in [1.165, 1.54) is 5.56 Å². The van der Waals surface area contributed by atoms with Crippen LogP contribution in [0.15, 0.2) is 78.9 Å². The molecule has 1 aromatic heterocycles. The van der Waals surface area contributed by atoms with Gasteiger partial charge in [-0.1, -0.05) is 93.6 Å². The van der Waals surface area contributed by atoms with Crippen LogP contribution in [0.2, 0.25) is 0 Å². The van der Waals surface area contributed by atoms with E-state index >= 15 is 0 Å². The van der Waals surface area contributed by atoms with Crippen LogP contribution in [0.25, 0.3) is 11.1 Å². The lowest BCUT2D eigenvalue weighted by Crippen LogP contribution is -2.20. The fourth-order valence-electron chi connectivity index (χ4n) is 3.94. The number of benzene rings is 3. The molecule has 0 radical (unpaired) electrons. The summed E-state index contributed by atoms with van der Waals surface area (Å²) in [7, 11) is 0. The van der Waals surface area contributed by atoms with Crippen LogP contribution in [-0.4, -0.2) is 25.8 Å². The molecule has 168 valence electrons. The monoisotopic (exact) mass is 439 g/mol. The van der Waals surface area contributed by atoms with E-state index in [0.717, 1.165) is 41.2 Å². The van der Waals surface area contributed by atoms with Crippen LogP contribution in [0.3, 0.4) is 0 Å². The molecule has 0 bridgehead atoms. The molecule has 5 heteroatoms. The van der Waals surface area contributed by atoms with Gasteiger partial charge in [-0.05, 0) is 34.7 Å². The van der Waals surface area contributed by atoms with Crippen LogP contribution in [0.5, 0.6) is 0 Å². The number of carboxylic acids is 1. The van der Waals surface area contributed by atoms with Crippen molar-refractivity contribution in [2.24, 2.45) is 0 Å². The zero-order valence-corrected chi connectivity index (χ0v) is 19.3. The minimum absolute atomic E-state index is 0.127. The predicted molar refractivity (Wildman–Crippen MR) is 131 cm³/mol. The summed E-state index contributed by atoms with van der Waals surface area (Å²) < 4.78 is 2.00. The van der Waals surface area contributed by atoms with E-state index in [1.54, 1.807) is 12.1 Å². The van der Waals surface area contributed by atoms with Gasteiger partial charge in [-0.2, -0.15) is 5.10 Å². The molecule has 0 unspecified atom stereocenters. The van der Waals surface area contributed by atoms with Crippen molar-refractivity contribution in [3.63, 3.8) is 0 Å².